The number of carbonyl (C=O) groups is 1. The first kappa shape index (κ1) is 32.5. The van der Waals surface area contributed by atoms with Crippen molar-refractivity contribution in [2.75, 3.05) is 18.6 Å². The monoisotopic (exact) mass is 585 g/mol. The highest BCUT2D eigenvalue weighted by Gasteiger charge is 2.53. The Bertz CT molecular complexity index is 1120. The van der Waals surface area contributed by atoms with Crippen LogP contribution in [0.15, 0.2) is 54.6 Å². The summed E-state index contributed by atoms with van der Waals surface area (Å²) in [6, 6.07) is 17.2. The van der Waals surface area contributed by atoms with Crippen LogP contribution in [0.5, 0.6) is 5.75 Å². The van der Waals surface area contributed by atoms with Crippen molar-refractivity contribution in [1.82, 2.24) is 0 Å². The first-order chi connectivity index (χ1) is 18.4. The van der Waals surface area contributed by atoms with Crippen molar-refractivity contribution in [3.8, 4) is 5.75 Å². The molecule has 0 bridgehead atoms. The van der Waals surface area contributed by atoms with E-state index < -0.39 is 28.7 Å². The predicted molar refractivity (Wildman–Crippen MR) is 169 cm³/mol. The molecule has 1 aliphatic heterocycles. The van der Waals surface area contributed by atoms with Gasteiger partial charge < -0.3 is 23.6 Å². The molecule has 0 spiro atoms. The molecule has 0 aliphatic carbocycles. The van der Waals surface area contributed by atoms with Crippen LogP contribution < -0.4 is 9.64 Å². The zero-order chi connectivity index (χ0) is 30.1. The van der Waals surface area contributed by atoms with E-state index >= 15 is 0 Å². The Kier molecular flexibility index (Phi) is 9.84. The Morgan fingerprint density at radius 1 is 0.875 bits per heavy atom. The molecule has 6 nitrogen and oxygen atoms in total. The summed E-state index contributed by atoms with van der Waals surface area (Å²) in [4.78, 5) is 15.5. The number of amides is 1. The minimum absolute atomic E-state index is 0.00913. The summed E-state index contributed by atoms with van der Waals surface area (Å²) >= 11 is 0. The molecule has 1 N–H and O–H groups in total. The lowest BCUT2D eigenvalue weighted by atomic mass is 9.77. The van der Waals surface area contributed by atoms with E-state index in [1.54, 1.807) is 12.0 Å². The van der Waals surface area contributed by atoms with Gasteiger partial charge in [-0.05, 0) is 66.1 Å². The van der Waals surface area contributed by atoms with Crippen molar-refractivity contribution >= 4 is 28.2 Å². The van der Waals surface area contributed by atoms with Crippen LogP contribution in [0.2, 0.25) is 36.3 Å². The molecule has 1 saturated heterocycles. The number of rotatable bonds is 11. The molecule has 1 heterocycles. The van der Waals surface area contributed by atoms with E-state index in [9.17, 15) is 9.90 Å². The Hall–Kier alpha value is -1.98. The number of β-lactam (4-membered cyclic amide) rings is 1. The fourth-order valence-corrected chi connectivity index (χ4v) is 6.98. The molecule has 2 aromatic rings. The maximum Gasteiger partial charge on any atom is 0.235 e. The van der Waals surface area contributed by atoms with Crippen molar-refractivity contribution in [3.05, 3.63) is 60.2 Å². The number of nitrogens with zero attached hydrogens (tertiary/aromatic N) is 1. The van der Waals surface area contributed by atoms with E-state index in [-0.39, 0.29) is 28.1 Å². The molecule has 222 valence electrons. The van der Waals surface area contributed by atoms with Crippen molar-refractivity contribution in [2.24, 2.45) is 5.92 Å². The maximum absolute atomic E-state index is 13.7. The van der Waals surface area contributed by atoms with Crippen LogP contribution in [-0.2, 0) is 13.6 Å². The number of benzene rings is 2. The fourth-order valence-electron chi connectivity index (χ4n) is 4.60. The third-order valence-electron chi connectivity index (χ3n) is 9.26. The number of aliphatic hydroxyl groups is 1. The lowest BCUT2D eigenvalue weighted by Gasteiger charge is -2.50. The number of methoxy groups -OCH3 is 1. The topological polar surface area (TPSA) is 68.2 Å². The van der Waals surface area contributed by atoms with Crippen molar-refractivity contribution < 1.29 is 23.5 Å². The molecule has 4 atom stereocenters. The lowest BCUT2D eigenvalue weighted by molar-refractivity contribution is -0.137. The summed E-state index contributed by atoms with van der Waals surface area (Å²) < 4.78 is 18.8. The minimum atomic E-state index is -2.16. The van der Waals surface area contributed by atoms with Gasteiger partial charge in [0.2, 0.25) is 5.91 Å². The Labute approximate surface area is 244 Å². The number of ether oxygens (including phenoxy) is 1. The standard InChI is InChI=1S/C32H51NO5Si2/c1-31(2,3)39(8,9)37-22-26(38-40(10,11)32(4,5)6)21-27(34)28-29(23-17-19-25(36-7)20-18-23)33(30(28)35)24-15-13-12-14-16-24/h12-20,26-29,34H,21-22H2,1-11H3/t26-,27+,28-,29-/m0/s1. The molecule has 0 saturated carbocycles. The van der Waals surface area contributed by atoms with Gasteiger partial charge in [0.15, 0.2) is 16.6 Å². The zero-order valence-corrected chi connectivity index (χ0v) is 28.4. The molecule has 40 heavy (non-hydrogen) atoms. The molecular formula is C32H51NO5Si2. The van der Waals surface area contributed by atoms with Crippen molar-refractivity contribution in [2.45, 2.75) is 102 Å². The smallest absolute Gasteiger partial charge is 0.235 e. The molecule has 1 amide bonds. The van der Waals surface area contributed by atoms with E-state index in [0.717, 1.165) is 17.0 Å². The summed E-state index contributed by atoms with van der Waals surface area (Å²) in [5.74, 6) is 0.103. The number of carbonyl (C=O) groups excluding carboxylic acids is 1. The Balaban J connectivity index is 1.90. The summed E-state index contributed by atoms with van der Waals surface area (Å²) in [7, 11) is -2.56. The SMILES string of the molecule is COc1ccc([C@H]2[C@H]([C@H](O)C[C@@H](CO[Si](C)(C)C(C)(C)C)O[Si](C)(C)C(C)(C)C)C(=O)N2c2ccccc2)cc1. The van der Waals surface area contributed by atoms with Gasteiger partial charge in [-0.1, -0.05) is 71.9 Å². The van der Waals surface area contributed by atoms with E-state index in [1.807, 2.05) is 54.6 Å². The van der Waals surface area contributed by atoms with Gasteiger partial charge in [-0.3, -0.25) is 4.79 Å². The molecule has 8 heteroatoms. The van der Waals surface area contributed by atoms with Crippen molar-refractivity contribution in [3.63, 3.8) is 0 Å². The molecule has 2 aromatic carbocycles. The third-order valence-corrected chi connectivity index (χ3v) is 18.3. The van der Waals surface area contributed by atoms with Crippen LogP contribution in [0.25, 0.3) is 0 Å². The first-order valence-corrected chi connectivity index (χ1v) is 20.2. The van der Waals surface area contributed by atoms with Gasteiger partial charge in [-0.25, -0.2) is 0 Å². The van der Waals surface area contributed by atoms with Gasteiger partial charge in [-0.15, -0.1) is 0 Å². The second-order valence-electron chi connectivity index (χ2n) is 14.2. The number of para-hydroxylation sites is 1. The quantitative estimate of drug-likeness (QED) is 0.218. The number of hydrogen-bond donors (Lipinski definition) is 1. The zero-order valence-electron chi connectivity index (χ0n) is 26.4. The van der Waals surface area contributed by atoms with E-state index in [0.29, 0.717) is 13.0 Å². The number of aliphatic hydroxyl groups excluding tert-OH is 1. The predicted octanol–water partition coefficient (Wildman–Crippen LogP) is 7.56. The maximum atomic E-state index is 13.7. The van der Waals surface area contributed by atoms with Gasteiger partial charge in [-0.2, -0.15) is 0 Å². The van der Waals surface area contributed by atoms with Gasteiger partial charge in [0.1, 0.15) is 5.75 Å². The highest BCUT2D eigenvalue weighted by atomic mass is 28.4. The van der Waals surface area contributed by atoms with Crippen LogP contribution in [0, 0.1) is 5.92 Å². The highest BCUT2D eigenvalue weighted by Crippen LogP contribution is 2.47. The Morgan fingerprint density at radius 3 is 1.93 bits per heavy atom. The molecule has 0 aromatic heterocycles. The second-order valence-corrected chi connectivity index (χ2v) is 23.7. The molecule has 3 rings (SSSR count). The highest BCUT2D eigenvalue weighted by molar-refractivity contribution is 6.74. The second kappa shape index (κ2) is 12.1. The third kappa shape index (κ3) is 7.08. The molecular weight excluding hydrogens is 535 g/mol. The van der Waals surface area contributed by atoms with Crippen LogP contribution >= 0.6 is 0 Å². The number of hydrogen-bond acceptors (Lipinski definition) is 5. The molecule has 0 radical (unpaired) electrons. The summed E-state index contributed by atoms with van der Waals surface area (Å²) in [5, 5.41) is 11.8. The van der Waals surface area contributed by atoms with Crippen LogP contribution in [0.4, 0.5) is 5.69 Å². The van der Waals surface area contributed by atoms with E-state index in [2.05, 4.69) is 67.7 Å². The average molecular weight is 586 g/mol. The van der Waals surface area contributed by atoms with Crippen LogP contribution in [0.3, 0.4) is 0 Å². The average Bonchev–Trinajstić information content (AvgIpc) is 2.85. The molecule has 0 unspecified atom stereocenters. The summed E-state index contributed by atoms with van der Waals surface area (Å²) in [5.41, 5.74) is 1.79. The van der Waals surface area contributed by atoms with Gasteiger partial charge in [0.05, 0.1) is 37.9 Å². The normalized spacial score (nSPS) is 20.2. The van der Waals surface area contributed by atoms with Crippen molar-refractivity contribution in [1.29, 1.82) is 0 Å². The van der Waals surface area contributed by atoms with Gasteiger partial charge >= 0.3 is 0 Å². The minimum Gasteiger partial charge on any atom is -0.497 e. The van der Waals surface area contributed by atoms with Gasteiger partial charge in [0, 0.05) is 12.1 Å². The van der Waals surface area contributed by atoms with Crippen LogP contribution in [0.1, 0.15) is 59.6 Å². The Morgan fingerprint density at radius 2 is 1.43 bits per heavy atom. The molecule has 1 aliphatic rings. The largest absolute Gasteiger partial charge is 0.497 e. The lowest BCUT2D eigenvalue weighted by Crippen LogP contribution is -2.60. The fraction of sp³-hybridized carbons (Fsp3) is 0.594. The van der Waals surface area contributed by atoms with E-state index in [4.69, 9.17) is 13.6 Å². The summed E-state index contributed by atoms with van der Waals surface area (Å²) in [6.07, 6.45) is -0.843. The van der Waals surface area contributed by atoms with Crippen LogP contribution in [-0.4, -0.2) is 53.6 Å². The van der Waals surface area contributed by atoms with Gasteiger partial charge in [0.25, 0.3) is 0 Å². The summed E-state index contributed by atoms with van der Waals surface area (Å²) in [6.45, 7) is 22.7. The number of anilines is 1. The molecule has 1 fully saturated rings. The first-order valence-electron chi connectivity index (χ1n) is 14.4. The van der Waals surface area contributed by atoms with E-state index in [1.165, 1.54) is 0 Å².